The summed E-state index contributed by atoms with van der Waals surface area (Å²) in [6, 6.07) is 0. The molecule has 3 heteroatoms. The molecule has 110 valence electrons. The van der Waals surface area contributed by atoms with Crippen LogP contribution in [0.15, 0.2) is 0 Å². The minimum absolute atomic E-state index is 0.204. The van der Waals surface area contributed by atoms with Crippen LogP contribution in [0.4, 0.5) is 0 Å². The molecule has 18 heavy (non-hydrogen) atoms. The Morgan fingerprint density at radius 3 is 2.17 bits per heavy atom. The van der Waals surface area contributed by atoms with Gasteiger partial charge in [-0.25, -0.2) is 0 Å². The van der Waals surface area contributed by atoms with E-state index in [0.717, 1.165) is 19.5 Å². The number of unbranched alkanes of at least 4 members (excludes halogenated alkanes) is 8. The van der Waals surface area contributed by atoms with Crippen molar-refractivity contribution in [2.24, 2.45) is 11.5 Å². The minimum Gasteiger partial charge on any atom is -0.330 e. The van der Waals surface area contributed by atoms with Crippen LogP contribution < -0.4 is 16.8 Å². The first-order valence-electron chi connectivity index (χ1n) is 8.00. The molecule has 3 nitrogen and oxygen atoms in total. The van der Waals surface area contributed by atoms with Gasteiger partial charge in [0.25, 0.3) is 0 Å². The lowest BCUT2D eigenvalue weighted by atomic mass is 10.1. The highest BCUT2D eigenvalue weighted by atomic mass is 15.0. The Labute approximate surface area is 114 Å². The highest BCUT2D eigenvalue weighted by Crippen LogP contribution is 2.06. The van der Waals surface area contributed by atoms with Crippen molar-refractivity contribution in [1.29, 1.82) is 0 Å². The van der Waals surface area contributed by atoms with E-state index in [1.165, 1.54) is 64.2 Å². The SMILES string of the molecule is CCCCCCCC(N)NCCCCCCCN. The molecule has 0 fully saturated rings. The van der Waals surface area contributed by atoms with Crippen molar-refractivity contribution in [3.63, 3.8) is 0 Å². The van der Waals surface area contributed by atoms with Gasteiger partial charge in [-0.2, -0.15) is 0 Å². The summed E-state index contributed by atoms with van der Waals surface area (Å²) in [6.45, 7) is 4.15. The van der Waals surface area contributed by atoms with E-state index < -0.39 is 0 Å². The van der Waals surface area contributed by atoms with Crippen molar-refractivity contribution in [3.8, 4) is 0 Å². The molecule has 1 atom stereocenters. The van der Waals surface area contributed by atoms with Gasteiger partial charge in [0, 0.05) is 0 Å². The van der Waals surface area contributed by atoms with E-state index in [9.17, 15) is 0 Å². The Morgan fingerprint density at radius 2 is 1.44 bits per heavy atom. The van der Waals surface area contributed by atoms with E-state index >= 15 is 0 Å². The van der Waals surface area contributed by atoms with Crippen LogP contribution in [-0.4, -0.2) is 19.3 Å². The first-order valence-corrected chi connectivity index (χ1v) is 8.00. The van der Waals surface area contributed by atoms with Gasteiger partial charge in [0.1, 0.15) is 0 Å². The molecule has 0 rings (SSSR count). The Bertz CT molecular complexity index is 151. The van der Waals surface area contributed by atoms with E-state index in [4.69, 9.17) is 11.5 Å². The second-order valence-electron chi connectivity index (χ2n) is 5.32. The maximum Gasteiger partial charge on any atom is 0.0546 e. The van der Waals surface area contributed by atoms with Crippen LogP contribution >= 0.6 is 0 Å². The van der Waals surface area contributed by atoms with Crippen LogP contribution in [0, 0.1) is 0 Å². The summed E-state index contributed by atoms with van der Waals surface area (Å²) in [5.41, 5.74) is 11.5. The molecule has 0 aliphatic heterocycles. The third-order valence-electron chi connectivity index (χ3n) is 3.41. The monoisotopic (exact) mass is 257 g/mol. The quantitative estimate of drug-likeness (QED) is 0.331. The van der Waals surface area contributed by atoms with Gasteiger partial charge >= 0.3 is 0 Å². The summed E-state index contributed by atoms with van der Waals surface area (Å²) < 4.78 is 0. The van der Waals surface area contributed by atoms with Gasteiger partial charge < -0.3 is 16.8 Å². The molecule has 5 N–H and O–H groups in total. The van der Waals surface area contributed by atoms with E-state index in [-0.39, 0.29) is 6.17 Å². The van der Waals surface area contributed by atoms with Crippen molar-refractivity contribution < 1.29 is 0 Å². The van der Waals surface area contributed by atoms with E-state index in [0.29, 0.717) is 0 Å². The van der Waals surface area contributed by atoms with Crippen molar-refractivity contribution >= 4 is 0 Å². The molecular weight excluding hydrogens is 222 g/mol. The largest absolute Gasteiger partial charge is 0.330 e. The number of nitrogens with one attached hydrogen (secondary N) is 1. The summed E-state index contributed by atoms with van der Waals surface area (Å²) in [5, 5.41) is 3.42. The van der Waals surface area contributed by atoms with Gasteiger partial charge in [-0.1, -0.05) is 58.3 Å². The lowest BCUT2D eigenvalue weighted by Crippen LogP contribution is -2.37. The average molecular weight is 257 g/mol. The smallest absolute Gasteiger partial charge is 0.0546 e. The van der Waals surface area contributed by atoms with Crippen LogP contribution in [0.1, 0.15) is 77.6 Å². The third kappa shape index (κ3) is 13.9. The first-order chi connectivity index (χ1) is 8.81. The van der Waals surface area contributed by atoms with E-state index in [2.05, 4.69) is 12.2 Å². The molecule has 0 bridgehead atoms. The Hall–Kier alpha value is -0.120. The Balaban J connectivity index is 3.09. The van der Waals surface area contributed by atoms with Crippen LogP contribution in [0.5, 0.6) is 0 Å². The van der Waals surface area contributed by atoms with Crippen LogP contribution in [-0.2, 0) is 0 Å². The molecule has 0 aliphatic carbocycles. The Kier molecular flexibility index (Phi) is 14.8. The van der Waals surface area contributed by atoms with Crippen LogP contribution in [0.2, 0.25) is 0 Å². The molecule has 0 spiro atoms. The van der Waals surface area contributed by atoms with Crippen molar-refractivity contribution in [2.75, 3.05) is 13.1 Å². The summed E-state index contributed by atoms with van der Waals surface area (Å²) in [7, 11) is 0. The number of nitrogens with two attached hydrogens (primary N) is 2. The maximum atomic E-state index is 6.02. The summed E-state index contributed by atoms with van der Waals surface area (Å²) in [4.78, 5) is 0. The average Bonchev–Trinajstić information content (AvgIpc) is 2.37. The molecule has 0 aromatic heterocycles. The van der Waals surface area contributed by atoms with Gasteiger partial charge in [-0.05, 0) is 32.4 Å². The van der Waals surface area contributed by atoms with E-state index in [1.54, 1.807) is 0 Å². The molecule has 0 radical (unpaired) electrons. The summed E-state index contributed by atoms with van der Waals surface area (Å²) in [5.74, 6) is 0. The fourth-order valence-corrected chi connectivity index (χ4v) is 2.16. The maximum absolute atomic E-state index is 6.02. The molecule has 0 aliphatic rings. The molecule has 0 saturated carbocycles. The van der Waals surface area contributed by atoms with Gasteiger partial charge in [-0.3, -0.25) is 0 Å². The van der Waals surface area contributed by atoms with Crippen LogP contribution in [0.25, 0.3) is 0 Å². The molecule has 0 amide bonds. The van der Waals surface area contributed by atoms with Crippen LogP contribution in [0.3, 0.4) is 0 Å². The fraction of sp³-hybridized carbons (Fsp3) is 1.00. The number of hydrogen-bond donors (Lipinski definition) is 3. The lowest BCUT2D eigenvalue weighted by Gasteiger charge is -2.13. The molecule has 0 aromatic rings. The standard InChI is InChI=1S/C15H35N3/c1-2-3-4-6-9-12-15(17)18-14-11-8-5-7-10-13-16/h15,18H,2-14,16-17H2,1H3. The minimum atomic E-state index is 0.204. The zero-order chi connectivity index (χ0) is 13.5. The first kappa shape index (κ1) is 17.9. The van der Waals surface area contributed by atoms with Gasteiger partial charge in [0.15, 0.2) is 0 Å². The van der Waals surface area contributed by atoms with Crippen molar-refractivity contribution in [1.82, 2.24) is 5.32 Å². The predicted octanol–water partition coefficient (Wildman–Crippen LogP) is 3.13. The molecule has 0 aromatic carbocycles. The van der Waals surface area contributed by atoms with Crippen molar-refractivity contribution in [2.45, 2.75) is 83.7 Å². The zero-order valence-corrected chi connectivity index (χ0v) is 12.4. The summed E-state index contributed by atoms with van der Waals surface area (Å²) in [6.07, 6.45) is 14.3. The Morgan fingerprint density at radius 1 is 0.833 bits per heavy atom. The second kappa shape index (κ2) is 14.9. The normalized spacial score (nSPS) is 12.8. The number of hydrogen-bond acceptors (Lipinski definition) is 3. The molecular formula is C15H35N3. The zero-order valence-electron chi connectivity index (χ0n) is 12.4. The van der Waals surface area contributed by atoms with Crippen molar-refractivity contribution in [3.05, 3.63) is 0 Å². The molecule has 0 heterocycles. The number of rotatable bonds is 14. The highest BCUT2D eigenvalue weighted by molar-refractivity contribution is 4.59. The highest BCUT2D eigenvalue weighted by Gasteiger charge is 2.00. The van der Waals surface area contributed by atoms with Gasteiger partial charge in [-0.15, -0.1) is 0 Å². The second-order valence-corrected chi connectivity index (χ2v) is 5.32. The topological polar surface area (TPSA) is 64.1 Å². The fourth-order valence-electron chi connectivity index (χ4n) is 2.16. The molecule has 0 saturated heterocycles. The van der Waals surface area contributed by atoms with Gasteiger partial charge in [0.2, 0.25) is 0 Å². The lowest BCUT2D eigenvalue weighted by molar-refractivity contribution is 0.453. The van der Waals surface area contributed by atoms with E-state index in [1.807, 2.05) is 0 Å². The van der Waals surface area contributed by atoms with Gasteiger partial charge in [0.05, 0.1) is 6.17 Å². The molecule has 1 unspecified atom stereocenters. The summed E-state index contributed by atoms with van der Waals surface area (Å²) >= 11 is 0. The third-order valence-corrected chi connectivity index (χ3v) is 3.41. The predicted molar refractivity (Wildman–Crippen MR) is 81.5 cm³/mol.